The van der Waals surface area contributed by atoms with Crippen molar-refractivity contribution in [1.82, 2.24) is 15.1 Å². The number of fused-ring (bicyclic) bond motifs is 1. The van der Waals surface area contributed by atoms with Crippen molar-refractivity contribution in [1.29, 1.82) is 0 Å². The van der Waals surface area contributed by atoms with Crippen LogP contribution in [0.15, 0.2) is 5.11 Å². The SMILES string of the molecule is CC[C@H]1OC(=O)C(C)(C)C(=O)[C@H](C)[C@@H](O[C@@H]2OC(C)CC(N(C)C)C2O)[C@](C)(OC)C[C@@H](C)CN[C@H](C)[C@H]2N(CCCCN=[N+]=[N-])C(=O)O[C@]12C. The van der Waals surface area contributed by atoms with Crippen LogP contribution in [0.5, 0.6) is 0 Å². The number of rotatable bonds is 10. The number of nitrogens with zero attached hydrogens (tertiary/aromatic N) is 5. The summed E-state index contributed by atoms with van der Waals surface area (Å²) in [5, 5.41) is 18.6. The second kappa shape index (κ2) is 17.5. The smallest absolute Gasteiger partial charge is 0.410 e. The van der Waals surface area contributed by atoms with Crippen molar-refractivity contribution in [3.05, 3.63) is 10.4 Å². The average Bonchev–Trinajstić information content (AvgIpc) is 3.33. The Hall–Kier alpha value is -2.52. The Morgan fingerprint density at radius 2 is 1.78 bits per heavy atom. The zero-order valence-electron chi connectivity index (χ0n) is 32.9. The summed E-state index contributed by atoms with van der Waals surface area (Å²) in [6.07, 6.45) is -1.99. The fourth-order valence-corrected chi connectivity index (χ4v) is 8.35. The molecule has 15 heteroatoms. The predicted octanol–water partition coefficient (Wildman–Crippen LogP) is 4.44. The van der Waals surface area contributed by atoms with E-state index in [1.54, 1.807) is 39.7 Å². The molecule has 3 unspecified atom stereocenters. The van der Waals surface area contributed by atoms with Gasteiger partial charge in [-0.25, -0.2) is 4.79 Å². The first-order valence-electron chi connectivity index (χ1n) is 18.5. The Kier molecular flexibility index (Phi) is 14.7. The van der Waals surface area contributed by atoms with E-state index in [2.05, 4.69) is 22.3 Å². The van der Waals surface area contributed by atoms with Gasteiger partial charge < -0.3 is 39.0 Å². The summed E-state index contributed by atoms with van der Waals surface area (Å²) in [6, 6.07) is -1.06. The third kappa shape index (κ3) is 9.35. The minimum atomic E-state index is -1.63. The van der Waals surface area contributed by atoms with Crippen molar-refractivity contribution in [2.24, 2.45) is 22.4 Å². The maximum Gasteiger partial charge on any atom is 0.410 e. The standard InChI is InChI=1S/C36H64N6O9/c1-13-26-36(9)28(42(33(46)51-36)17-15-14-16-39-40-37)24(5)38-20-21(2)19-35(8,47-12)30(23(4)29(44)34(6,7)32(45)49-26)50-31-27(43)25(41(10)11)18-22(3)48-31/h21-28,30-31,38,43H,13-20H2,1-12H3/t21-,22?,23+,24-,25?,26-,27?,28-,30-,31+,35-,36-/m1/s1. The van der Waals surface area contributed by atoms with Gasteiger partial charge >= 0.3 is 12.1 Å². The number of esters is 1. The largest absolute Gasteiger partial charge is 0.457 e. The van der Waals surface area contributed by atoms with Crippen LogP contribution in [0.25, 0.3) is 10.4 Å². The van der Waals surface area contributed by atoms with Crippen molar-refractivity contribution in [3.63, 3.8) is 0 Å². The molecule has 0 bridgehead atoms. The molecule has 3 saturated heterocycles. The first-order valence-corrected chi connectivity index (χ1v) is 18.5. The lowest BCUT2D eigenvalue weighted by molar-refractivity contribution is -0.295. The zero-order chi connectivity index (χ0) is 38.5. The van der Waals surface area contributed by atoms with Crippen LogP contribution < -0.4 is 5.32 Å². The zero-order valence-corrected chi connectivity index (χ0v) is 32.9. The van der Waals surface area contributed by atoms with E-state index in [1.165, 1.54) is 0 Å². The number of aliphatic hydroxyl groups excluding tert-OH is 1. The molecule has 0 saturated carbocycles. The lowest BCUT2D eigenvalue weighted by Gasteiger charge is -2.47. The Morgan fingerprint density at radius 1 is 1.12 bits per heavy atom. The molecule has 12 atom stereocenters. The number of methoxy groups -OCH3 is 1. The number of unbranched alkanes of at least 4 members (excludes halogenated alkanes) is 1. The van der Waals surface area contributed by atoms with Crippen molar-refractivity contribution in [2.75, 3.05) is 40.8 Å². The van der Waals surface area contributed by atoms with E-state index in [-0.39, 0.29) is 24.1 Å². The van der Waals surface area contributed by atoms with Gasteiger partial charge in [-0.3, -0.25) is 14.5 Å². The van der Waals surface area contributed by atoms with Gasteiger partial charge in [0.25, 0.3) is 0 Å². The van der Waals surface area contributed by atoms with E-state index < -0.39 is 71.0 Å². The summed E-state index contributed by atoms with van der Waals surface area (Å²) in [6.45, 7) is 17.5. The van der Waals surface area contributed by atoms with Crippen molar-refractivity contribution in [2.45, 2.75) is 154 Å². The monoisotopic (exact) mass is 724 g/mol. The van der Waals surface area contributed by atoms with Crippen LogP contribution in [0.2, 0.25) is 0 Å². The van der Waals surface area contributed by atoms with Crippen LogP contribution in [0, 0.1) is 17.3 Å². The van der Waals surface area contributed by atoms with Gasteiger partial charge in [-0.2, -0.15) is 0 Å². The molecule has 0 aromatic heterocycles. The number of azide groups is 1. The quantitative estimate of drug-likeness (QED) is 0.0811. The molecule has 0 radical (unpaired) electrons. The van der Waals surface area contributed by atoms with Crippen molar-refractivity contribution in [3.8, 4) is 0 Å². The van der Waals surface area contributed by atoms with Gasteiger partial charge in [0.2, 0.25) is 0 Å². The number of Topliss-reactive ketones (excluding diaryl/α,β-unsaturated/α-hetero) is 1. The minimum absolute atomic E-state index is 0.0176. The lowest BCUT2D eigenvalue weighted by atomic mass is 9.74. The number of ether oxygens (including phenoxy) is 5. The molecule has 1 amide bonds. The van der Waals surface area contributed by atoms with E-state index in [1.807, 2.05) is 46.7 Å². The number of likely N-dealkylation sites (N-methyl/N-ethyl adjacent to an activating group) is 1. The second-order valence-corrected chi connectivity index (χ2v) is 16.1. The summed E-state index contributed by atoms with van der Waals surface area (Å²) in [4.78, 5) is 48.6. The Balaban J connectivity index is 2.07. The van der Waals surface area contributed by atoms with E-state index >= 15 is 0 Å². The number of ketones is 1. The van der Waals surface area contributed by atoms with Gasteiger partial charge in [0.15, 0.2) is 17.7 Å². The molecule has 3 fully saturated rings. The maximum atomic E-state index is 14.5. The molecule has 0 aromatic carbocycles. The fraction of sp³-hybridized carbons (Fsp3) is 0.917. The van der Waals surface area contributed by atoms with E-state index in [9.17, 15) is 19.5 Å². The summed E-state index contributed by atoms with van der Waals surface area (Å²) in [7, 11) is 5.37. The highest BCUT2D eigenvalue weighted by molar-refractivity contribution is 6.04. The number of aliphatic hydroxyl groups is 1. The van der Waals surface area contributed by atoms with Gasteiger partial charge in [-0.05, 0) is 106 Å². The van der Waals surface area contributed by atoms with Crippen LogP contribution in [0.1, 0.15) is 94.4 Å². The Labute approximate surface area is 304 Å². The van der Waals surface area contributed by atoms with E-state index in [4.69, 9.17) is 29.2 Å². The van der Waals surface area contributed by atoms with Gasteiger partial charge in [-0.15, -0.1) is 0 Å². The molecular weight excluding hydrogens is 660 g/mol. The Bertz CT molecular complexity index is 1260. The molecule has 0 aliphatic carbocycles. The highest BCUT2D eigenvalue weighted by Crippen LogP contribution is 2.41. The molecule has 3 aliphatic heterocycles. The molecule has 0 aromatic rings. The van der Waals surface area contributed by atoms with Gasteiger partial charge in [-0.1, -0.05) is 25.9 Å². The number of hydrogen-bond donors (Lipinski definition) is 2. The molecule has 3 rings (SSSR count). The topological polar surface area (TPSA) is 185 Å². The van der Waals surface area contributed by atoms with Crippen LogP contribution in [0.4, 0.5) is 4.79 Å². The summed E-state index contributed by atoms with van der Waals surface area (Å²) in [5.74, 6) is -2.07. The van der Waals surface area contributed by atoms with E-state index in [0.717, 1.165) is 0 Å². The molecule has 2 N–H and O–H groups in total. The van der Waals surface area contributed by atoms with Crippen LogP contribution in [-0.2, 0) is 33.3 Å². The molecule has 15 nitrogen and oxygen atoms in total. The maximum absolute atomic E-state index is 14.5. The number of carbonyl (C=O) groups excluding carboxylic acids is 3. The number of amides is 1. The minimum Gasteiger partial charge on any atom is -0.457 e. The Morgan fingerprint density at radius 3 is 2.37 bits per heavy atom. The van der Waals surface area contributed by atoms with Crippen LogP contribution in [-0.4, -0.2) is 134 Å². The number of hydrogen-bond acceptors (Lipinski definition) is 12. The molecule has 3 aliphatic rings. The van der Waals surface area contributed by atoms with E-state index in [0.29, 0.717) is 51.7 Å². The normalized spacial score (nSPS) is 39.7. The van der Waals surface area contributed by atoms with Crippen molar-refractivity contribution < 1.29 is 43.2 Å². The third-order valence-electron chi connectivity index (χ3n) is 11.3. The predicted molar refractivity (Wildman–Crippen MR) is 191 cm³/mol. The molecule has 3 heterocycles. The summed E-state index contributed by atoms with van der Waals surface area (Å²) in [5.41, 5.74) is 4.75. The van der Waals surface area contributed by atoms with Gasteiger partial charge in [0.05, 0.1) is 23.9 Å². The highest BCUT2D eigenvalue weighted by Gasteiger charge is 2.59. The first-order chi connectivity index (χ1) is 23.8. The summed E-state index contributed by atoms with van der Waals surface area (Å²) >= 11 is 0. The second-order valence-electron chi connectivity index (χ2n) is 16.1. The summed E-state index contributed by atoms with van der Waals surface area (Å²) < 4.78 is 31.3. The first kappa shape index (κ1) is 42.9. The van der Waals surface area contributed by atoms with Crippen molar-refractivity contribution >= 4 is 17.8 Å². The van der Waals surface area contributed by atoms with Gasteiger partial charge in [0, 0.05) is 43.1 Å². The molecular formula is C36H64N6O9. The fourth-order valence-electron chi connectivity index (χ4n) is 8.35. The number of nitrogens with one attached hydrogen (secondary N) is 1. The molecule has 51 heavy (non-hydrogen) atoms. The highest BCUT2D eigenvalue weighted by atomic mass is 16.7. The van der Waals surface area contributed by atoms with Crippen LogP contribution in [0.3, 0.4) is 0 Å². The molecule has 292 valence electrons. The number of cyclic esters (lactones) is 1. The molecule has 0 spiro atoms. The lowest BCUT2D eigenvalue weighted by Crippen LogP contribution is -2.61. The number of carbonyl (C=O) groups is 3. The third-order valence-corrected chi connectivity index (χ3v) is 11.3. The average molecular weight is 725 g/mol. The van der Waals surface area contributed by atoms with Gasteiger partial charge in [0.1, 0.15) is 17.6 Å². The van der Waals surface area contributed by atoms with Crippen LogP contribution >= 0.6 is 0 Å².